The lowest BCUT2D eigenvalue weighted by Crippen LogP contribution is -2.26. The maximum Gasteiger partial charge on any atom is 0.435 e. The molecule has 2 aromatic heterocycles. The largest absolute Gasteiger partial charge is 0.435 e. The van der Waals surface area contributed by atoms with Crippen molar-refractivity contribution in [3.8, 4) is 0 Å². The first-order valence-corrected chi connectivity index (χ1v) is 9.20. The summed E-state index contributed by atoms with van der Waals surface area (Å²) < 4.78 is 55.2. The first kappa shape index (κ1) is 21.5. The van der Waals surface area contributed by atoms with Gasteiger partial charge >= 0.3 is 6.18 Å². The van der Waals surface area contributed by atoms with Gasteiger partial charge in [0.1, 0.15) is 11.9 Å². The van der Waals surface area contributed by atoms with Crippen LogP contribution in [0.25, 0.3) is 0 Å². The molecule has 0 saturated carbocycles. The third-order valence-electron chi connectivity index (χ3n) is 4.87. The molecule has 0 spiro atoms. The molecular formula is C20H21F4N5O. The second kappa shape index (κ2) is 7.92. The minimum absolute atomic E-state index is 0.179. The van der Waals surface area contributed by atoms with Crippen molar-refractivity contribution in [2.24, 2.45) is 0 Å². The highest BCUT2D eigenvalue weighted by atomic mass is 19.4. The quantitative estimate of drug-likeness (QED) is 0.619. The van der Waals surface area contributed by atoms with Gasteiger partial charge in [0.05, 0.1) is 23.6 Å². The summed E-state index contributed by atoms with van der Waals surface area (Å²) in [5.41, 5.74) is 1.16. The van der Waals surface area contributed by atoms with Gasteiger partial charge in [-0.05, 0) is 39.8 Å². The lowest BCUT2D eigenvalue weighted by Gasteiger charge is -2.15. The fourth-order valence-corrected chi connectivity index (χ4v) is 3.18. The van der Waals surface area contributed by atoms with E-state index >= 15 is 0 Å². The fraction of sp³-hybridized carbons (Fsp3) is 0.350. The zero-order chi connectivity index (χ0) is 22.2. The molecule has 1 amide bonds. The molecule has 10 heteroatoms. The summed E-state index contributed by atoms with van der Waals surface area (Å²) in [5, 5.41) is 10.6. The molecule has 0 aliphatic rings. The number of aromatic nitrogens is 4. The number of hydrogen-bond donors (Lipinski definition) is 1. The highest BCUT2D eigenvalue weighted by molar-refractivity contribution is 5.94. The molecule has 160 valence electrons. The number of halogens is 4. The third kappa shape index (κ3) is 4.22. The molecular weight excluding hydrogens is 402 g/mol. The van der Waals surface area contributed by atoms with Gasteiger partial charge in [-0.3, -0.25) is 14.2 Å². The molecule has 1 atom stereocenters. The highest BCUT2D eigenvalue weighted by Gasteiger charge is 2.35. The summed E-state index contributed by atoms with van der Waals surface area (Å²) in [6.45, 7) is 6.50. The number of aryl methyl sites for hydroxylation is 2. The second-order valence-corrected chi connectivity index (χ2v) is 7.07. The van der Waals surface area contributed by atoms with Crippen molar-refractivity contribution in [1.82, 2.24) is 19.6 Å². The number of benzene rings is 1. The number of nitrogens with one attached hydrogen (secondary N) is 1. The summed E-state index contributed by atoms with van der Waals surface area (Å²) in [6, 6.07) is 6.23. The maximum absolute atomic E-state index is 13.9. The SMILES string of the molecule is Cc1nn(Cc2ccccc2F)c(C)c1NC(=O)C(C)n1nc(C(F)(F)F)cc1C. The first-order valence-electron chi connectivity index (χ1n) is 9.20. The predicted octanol–water partition coefficient (Wildman–Crippen LogP) is 4.41. The van der Waals surface area contributed by atoms with Crippen LogP contribution in [0, 0.1) is 26.6 Å². The monoisotopic (exact) mass is 423 g/mol. The molecule has 0 saturated heterocycles. The van der Waals surface area contributed by atoms with Gasteiger partial charge in [0.25, 0.3) is 0 Å². The van der Waals surface area contributed by atoms with E-state index in [1.54, 1.807) is 36.7 Å². The van der Waals surface area contributed by atoms with Gasteiger partial charge in [-0.15, -0.1) is 0 Å². The van der Waals surface area contributed by atoms with E-state index in [1.165, 1.54) is 19.9 Å². The molecule has 3 aromatic rings. The van der Waals surface area contributed by atoms with Gasteiger partial charge in [-0.1, -0.05) is 18.2 Å². The lowest BCUT2D eigenvalue weighted by molar-refractivity contribution is -0.141. The topological polar surface area (TPSA) is 64.7 Å². The van der Waals surface area contributed by atoms with Crippen LogP contribution in [0.4, 0.5) is 23.2 Å². The smallest absolute Gasteiger partial charge is 0.321 e. The average Bonchev–Trinajstić information content (AvgIpc) is 3.18. The van der Waals surface area contributed by atoms with Crippen LogP contribution in [0.15, 0.2) is 30.3 Å². The Morgan fingerprint density at radius 1 is 1.17 bits per heavy atom. The zero-order valence-corrected chi connectivity index (χ0v) is 16.9. The van der Waals surface area contributed by atoms with Crippen molar-refractivity contribution in [2.75, 3.05) is 5.32 Å². The standard InChI is InChI=1S/C20H21F4N5O/c1-11-9-17(20(22,23)24)27-29(11)14(4)19(30)25-18-12(2)26-28(13(18)3)10-15-7-5-6-8-16(15)21/h5-9,14H,10H2,1-4H3,(H,25,30). The number of rotatable bonds is 5. The third-order valence-corrected chi connectivity index (χ3v) is 4.87. The Morgan fingerprint density at radius 2 is 1.83 bits per heavy atom. The van der Waals surface area contributed by atoms with Gasteiger partial charge in [-0.2, -0.15) is 23.4 Å². The number of carbonyl (C=O) groups is 1. The van der Waals surface area contributed by atoms with Crippen molar-refractivity contribution >= 4 is 11.6 Å². The highest BCUT2D eigenvalue weighted by Crippen LogP contribution is 2.30. The van der Waals surface area contributed by atoms with E-state index in [0.717, 1.165) is 10.7 Å². The van der Waals surface area contributed by atoms with Gasteiger partial charge in [0.2, 0.25) is 5.91 Å². The first-order chi connectivity index (χ1) is 14.0. The van der Waals surface area contributed by atoms with Gasteiger partial charge in [0.15, 0.2) is 5.69 Å². The molecule has 30 heavy (non-hydrogen) atoms. The molecule has 6 nitrogen and oxygen atoms in total. The summed E-state index contributed by atoms with van der Waals surface area (Å²) >= 11 is 0. The minimum atomic E-state index is -4.59. The minimum Gasteiger partial charge on any atom is -0.321 e. The molecule has 1 unspecified atom stereocenters. The van der Waals surface area contributed by atoms with Gasteiger partial charge < -0.3 is 5.32 Å². The summed E-state index contributed by atoms with van der Waals surface area (Å²) in [5.74, 6) is -0.898. The fourth-order valence-electron chi connectivity index (χ4n) is 3.18. The van der Waals surface area contributed by atoms with Crippen LogP contribution in [0.2, 0.25) is 0 Å². The van der Waals surface area contributed by atoms with Crippen LogP contribution >= 0.6 is 0 Å². The van der Waals surface area contributed by atoms with Crippen molar-refractivity contribution in [3.63, 3.8) is 0 Å². The summed E-state index contributed by atoms with van der Waals surface area (Å²) in [4.78, 5) is 12.7. The normalized spacial score (nSPS) is 12.8. The Morgan fingerprint density at radius 3 is 2.43 bits per heavy atom. The molecule has 3 rings (SSSR count). The van der Waals surface area contributed by atoms with Crippen molar-refractivity contribution in [1.29, 1.82) is 0 Å². The van der Waals surface area contributed by atoms with E-state index in [2.05, 4.69) is 15.5 Å². The Balaban J connectivity index is 1.81. The van der Waals surface area contributed by atoms with E-state index in [0.29, 0.717) is 22.6 Å². The van der Waals surface area contributed by atoms with E-state index in [-0.39, 0.29) is 18.1 Å². The number of nitrogens with zero attached hydrogens (tertiary/aromatic N) is 4. The molecule has 0 radical (unpaired) electrons. The van der Waals surface area contributed by atoms with Crippen LogP contribution < -0.4 is 5.32 Å². The number of carbonyl (C=O) groups excluding carboxylic acids is 1. The van der Waals surface area contributed by atoms with Gasteiger partial charge in [-0.25, -0.2) is 4.39 Å². The average molecular weight is 423 g/mol. The number of anilines is 1. The van der Waals surface area contributed by atoms with E-state index in [1.807, 2.05) is 0 Å². The van der Waals surface area contributed by atoms with Crippen molar-refractivity contribution < 1.29 is 22.4 Å². The Labute approximate surface area is 170 Å². The van der Waals surface area contributed by atoms with E-state index in [9.17, 15) is 22.4 Å². The second-order valence-electron chi connectivity index (χ2n) is 7.07. The Kier molecular flexibility index (Phi) is 5.69. The molecule has 0 fully saturated rings. The van der Waals surface area contributed by atoms with Gasteiger partial charge in [0, 0.05) is 11.3 Å². The predicted molar refractivity (Wildman–Crippen MR) is 103 cm³/mol. The molecule has 0 bridgehead atoms. The van der Waals surface area contributed by atoms with Crippen LogP contribution in [0.3, 0.4) is 0 Å². The maximum atomic E-state index is 13.9. The van der Waals surface area contributed by atoms with E-state index in [4.69, 9.17) is 0 Å². The van der Waals surface area contributed by atoms with Crippen LogP contribution in [0.1, 0.15) is 41.3 Å². The Hall–Kier alpha value is -3.17. The van der Waals surface area contributed by atoms with Crippen LogP contribution in [-0.4, -0.2) is 25.5 Å². The van der Waals surface area contributed by atoms with Crippen molar-refractivity contribution in [2.45, 2.75) is 46.5 Å². The Bertz CT molecular complexity index is 1080. The molecule has 2 heterocycles. The number of alkyl halides is 3. The van der Waals surface area contributed by atoms with E-state index < -0.39 is 23.8 Å². The molecule has 1 N–H and O–H groups in total. The van der Waals surface area contributed by atoms with Crippen molar-refractivity contribution in [3.05, 3.63) is 64.5 Å². The lowest BCUT2D eigenvalue weighted by atomic mass is 10.2. The zero-order valence-electron chi connectivity index (χ0n) is 16.9. The molecule has 0 aliphatic heterocycles. The number of amides is 1. The summed E-state index contributed by atoms with van der Waals surface area (Å²) in [6.07, 6.45) is -4.59. The molecule has 1 aromatic carbocycles. The number of hydrogen-bond acceptors (Lipinski definition) is 3. The van der Waals surface area contributed by atoms with Crippen LogP contribution in [-0.2, 0) is 17.5 Å². The summed E-state index contributed by atoms with van der Waals surface area (Å²) in [7, 11) is 0. The molecule has 0 aliphatic carbocycles. The van der Waals surface area contributed by atoms with Crippen LogP contribution in [0.5, 0.6) is 0 Å².